The lowest BCUT2D eigenvalue weighted by Gasteiger charge is -2.28. The van der Waals surface area contributed by atoms with Crippen LogP contribution in [-0.2, 0) is 14.3 Å². The molecule has 6 nitrogen and oxygen atoms in total. The van der Waals surface area contributed by atoms with E-state index < -0.39 is 0 Å². The number of nitrogens with one attached hydrogen (secondary N) is 1. The van der Waals surface area contributed by atoms with E-state index in [0.717, 1.165) is 25.9 Å². The van der Waals surface area contributed by atoms with Crippen LogP contribution < -0.4 is 10.2 Å². The average Bonchev–Trinajstić information content (AvgIpc) is 3.47. The summed E-state index contributed by atoms with van der Waals surface area (Å²) in [4.78, 5) is 40.3. The Kier molecular flexibility index (Phi) is 5.07. The maximum atomic E-state index is 13.1. The van der Waals surface area contributed by atoms with Crippen molar-refractivity contribution in [3.8, 4) is 0 Å². The zero-order valence-corrected chi connectivity index (χ0v) is 18.9. The minimum absolute atomic E-state index is 0.0874. The molecule has 4 fully saturated rings. The highest BCUT2D eigenvalue weighted by atomic mass is 79.9. The molecule has 1 aromatic rings. The highest BCUT2D eigenvalue weighted by Crippen LogP contribution is 2.60. The summed E-state index contributed by atoms with van der Waals surface area (Å²) >= 11 is 7.41. The van der Waals surface area contributed by atoms with Gasteiger partial charge in [-0.1, -0.05) is 31.9 Å². The Balaban J connectivity index is 1.30. The van der Waals surface area contributed by atoms with E-state index in [1.165, 1.54) is 4.90 Å². The number of benzene rings is 1. The molecule has 2 saturated carbocycles. The van der Waals surface area contributed by atoms with Gasteiger partial charge in [0, 0.05) is 28.4 Å². The van der Waals surface area contributed by atoms with Gasteiger partial charge in [-0.15, -0.1) is 0 Å². The lowest BCUT2D eigenvalue weighted by Crippen LogP contribution is -2.37. The van der Waals surface area contributed by atoms with Gasteiger partial charge in [-0.3, -0.25) is 19.3 Å². The molecule has 1 N–H and O–H groups in total. The molecular weight excluding hydrogens is 504 g/mol. The van der Waals surface area contributed by atoms with E-state index in [0.29, 0.717) is 17.8 Å². The zero-order chi connectivity index (χ0) is 20.3. The van der Waals surface area contributed by atoms with Crippen molar-refractivity contribution in [2.45, 2.75) is 35.0 Å². The number of ether oxygens (including phenoxy) is 1. The lowest BCUT2D eigenvalue weighted by atomic mass is 9.81. The van der Waals surface area contributed by atoms with E-state index >= 15 is 0 Å². The van der Waals surface area contributed by atoms with E-state index in [1.807, 2.05) is 0 Å². The van der Waals surface area contributed by atoms with Crippen LogP contribution in [0.3, 0.4) is 0 Å². The molecule has 2 heterocycles. The van der Waals surface area contributed by atoms with Gasteiger partial charge in [0.2, 0.25) is 11.8 Å². The Bertz CT molecular complexity index is 823. The molecule has 0 unspecified atom stereocenters. The summed E-state index contributed by atoms with van der Waals surface area (Å²) in [5.41, 5.74) is 1.05. The van der Waals surface area contributed by atoms with Crippen LogP contribution in [-0.4, -0.2) is 46.6 Å². The number of carbonyl (C=O) groups is 3. The predicted molar refractivity (Wildman–Crippen MR) is 114 cm³/mol. The number of amides is 3. The van der Waals surface area contributed by atoms with Crippen LogP contribution in [0.25, 0.3) is 0 Å². The van der Waals surface area contributed by atoms with E-state index in [-0.39, 0.29) is 57.2 Å². The molecule has 0 radical (unpaired) electrons. The Labute approximate surface area is 186 Å². The van der Waals surface area contributed by atoms with Gasteiger partial charge in [0.15, 0.2) is 0 Å². The minimum Gasteiger partial charge on any atom is -0.376 e. The van der Waals surface area contributed by atoms with Crippen molar-refractivity contribution in [3.63, 3.8) is 0 Å². The number of halogens is 2. The van der Waals surface area contributed by atoms with Gasteiger partial charge < -0.3 is 10.1 Å². The van der Waals surface area contributed by atoms with Crippen LogP contribution in [0.1, 0.15) is 29.6 Å². The van der Waals surface area contributed by atoms with E-state index in [1.54, 1.807) is 24.3 Å². The molecule has 3 amide bonds. The number of anilines is 1. The summed E-state index contributed by atoms with van der Waals surface area (Å²) in [6.45, 7) is 1.25. The van der Waals surface area contributed by atoms with Crippen molar-refractivity contribution in [3.05, 3.63) is 29.8 Å². The van der Waals surface area contributed by atoms with Crippen LogP contribution in [0.4, 0.5) is 5.69 Å². The first-order chi connectivity index (χ1) is 14.0. The Morgan fingerprint density at radius 1 is 1.07 bits per heavy atom. The maximum Gasteiger partial charge on any atom is 0.251 e. The van der Waals surface area contributed by atoms with Gasteiger partial charge in [-0.2, -0.15) is 0 Å². The smallest absolute Gasteiger partial charge is 0.251 e. The minimum atomic E-state index is -0.236. The number of carbonyl (C=O) groups excluding carboxylic acids is 3. The van der Waals surface area contributed by atoms with Gasteiger partial charge in [0.05, 0.1) is 23.6 Å². The second-order valence-corrected chi connectivity index (χ2v) is 10.5. The first-order valence-corrected chi connectivity index (χ1v) is 12.0. The van der Waals surface area contributed by atoms with E-state index in [9.17, 15) is 14.4 Å². The Hall–Kier alpha value is -1.25. The third kappa shape index (κ3) is 3.10. The number of nitrogens with zero attached hydrogens (tertiary/aromatic N) is 1. The molecule has 2 aliphatic heterocycles. The van der Waals surface area contributed by atoms with Crippen molar-refractivity contribution in [2.75, 3.05) is 18.1 Å². The molecule has 1 aromatic carbocycles. The van der Waals surface area contributed by atoms with Crippen molar-refractivity contribution >= 4 is 55.3 Å². The quantitative estimate of drug-likeness (QED) is 0.484. The fourth-order valence-electron chi connectivity index (χ4n) is 5.48. The number of imide groups is 1. The normalized spacial score (nSPS) is 38.0. The lowest BCUT2D eigenvalue weighted by molar-refractivity contribution is -0.123. The first kappa shape index (κ1) is 19.7. The van der Waals surface area contributed by atoms with Crippen LogP contribution in [0.15, 0.2) is 24.3 Å². The van der Waals surface area contributed by atoms with Crippen molar-refractivity contribution in [1.82, 2.24) is 5.32 Å². The Morgan fingerprint density at radius 2 is 1.69 bits per heavy atom. The molecule has 0 spiro atoms. The topological polar surface area (TPSA) is 75.7 Å². The number of hydrogen-bond acceptors (Lipinski definition) is 4. The summed E-state index contributed by atoms with van der Waals surface area (Å²) < 4.78 is 5.52. The second-order valence-electron chi connectivity index (χ2n) is 8.41. The predicted octanol–water partition coefficient (Wildman–Crippen LogP) is 2.88. The highest BCUT2D eigenvalue weighted by Gasteiger charge is 2.66. The summed E-state index contributed by atoms with van der Waals surface area (Å²) in [5.74, 6) is -0.471. The third-order valence-corrected chi connectivity index (χ3v) is 10.1. The van der Waals surface area contributed by atoms with Crippen molar-refractivity contribution in [2.24, 2.45) is 23.7 Å². The van der Waals surface area contributed by atoms with Gasteiger partial charge in [0.1, 0.15) is 0 Å². The average molecular weight is 526 g/mol. The largest absolute Gasteiger partial charge is 0.376 e. The summed E-state index contributed by atoms with van der Waals surface area (Å²) in [7, 11) is 0. The monoisotopic (exact) mass is 524 g/mol. The van der Waals surface area contributed by atoms with Gasteiger partial charge in [-0.05, 0) is 55.4 Å². The second kappa shape index (κ2) is 7.46. The number of hydrogen-bond donors (Lipinski definition) is 1. The third-order valence-electron chi connectivity index (χ3n) is 6.89. The molecule has 154 valence electrons. The SMILES string of the molecule is O=C(NC[C@H]1CCCO1)c1ccc(N2C(=O)[C@H]3[C@@H]4C[C@H]([C@@H](Br)[C@H]4Br)[C@@H]3C2=O)cc1. The Morgan fingerprint density at radius 3 is 2.24 bits per heavy atom. The summed E-state index contributed by atoms with van der Waals surface area (Å²) in [5, 5.41) is 2.89. The number of fused-ring (bicyclic) bond motifs is 5. The molecule has 4 aliphatic rings. The first-order valence-electron chi connectivity index (χ1n) is 10.1. The maximum absolute atomic E-state index is 13.1. The zero-order valence-electron chi connectivity index (χ0n) is 15.7. The molecule has 2 saturated heterocycles. The molecule has 7 atom stereocenters. The van der Waals surface area contributed by atoms with Crippen LogP contribution in [0, 0.1) is 23.7 Å². The van der Waals surface area contributed by atoms with Crippen molar-refractivity contribution < 1.29 is 19.1 Å². The van der Waals surface area contributed by atoms with E-state index in [4.69, 9.17) is 4.74 Å². The van der Waals surface area contributed by atoms with Crippen LogP contribution in [0.5, 0.6) is 0 Å². The highest BCUT2D eigenvalue weighted by molar-refractivity contribution is 9.12. The molecular formula is C21H22Br2N2O4. The molecule has 8 heteroatoms. The fraction of sp³-hybridized carbons (Fsp3) is 0.571. The molecule has 2 bridgehead atoms. The van der Waals surface area contributed by atoms with E-state index in [2.05, 4.69) is 37.2 Å². The number of alkyl halides is 2. The molecule has 29 heavy (non-hydrogen) atoms. The fourth-order valence-corrected chi connectivity index (χ4v) is 7.35. The van der Waals surface area contributed by atoms with Crippen molar-refractivity contribution in [1.29, 1.82) is 0 Å². The van der Waals surface area contributed by atoms with Gasteiger partial charge in [-0.25, -0.2) is 0 Å². The molecule has 2 aliphatic carbocycles. The summed E-state index contributed by atoms with van der Waals surface area (Å²) in [6, 6.07) is 6.72. The van der Waals surface area contributed by atoms with Gasteiger partial charge in [0.25, 0.3) is 5.91 Å². The van der Waals surface area contributed by atoms with Crippen LogP contribution in [0.2, 0.25) is 0 Å². The number of rotatable bonds is 4. The molecule has 0 aromatic heterocycles. The van der Waals surface area contributed by atoms with Crippen LogP contribution >= 0.6 is 31.9 Å². The summed E-state index contributed by atoms with van der Waals surface area (Å²) in [6.07, 6.45) is 3.00. The standard InChI is InChI=1S/C21H22Br2N2O4/c22-17-13-8-14(18(17)23)16-15(13)20(27)25(21(16)28)11-5-3-10(4-6-11)19(26)24-9-12-2-1-7-29-12/h3-6,12-18H,1-2,7-9H2,(H,24,26)/t12-,13+,14+,15+,16+,17-,18+/m1/s1. The molecule has 5 rings (SSSR count). The van der Waals surface area contributed by atoms with Gasteiger partial charge >= 0.3 is 0 Å².